The zero-order chi connectivity index (χ0) is 18.2. The minimum absolute atomic E-state index is 0.227. The molecular formula is C20H38O4. The van der Waals surface area contributed by atoms with Crippen LogP contribution in [-0.4, -0.2) is 22.2 Å². The van der Waals surface area contributed by atoms with Crippen LogP contribution in [0.25, 0.3) is 0 Å². The van der Waals surface area contributed by atoms with Gasteiger partial charge in [-0.2, -0.15) is 0 Å². The number of carbonyl (C=O) groups is 2. The molecule has 0 aliphatic heterocycles. The van der Waals surface area contributed by atoms with Gasteiger partial charge in [-0.25, -0.2) is 0 Å². The zero-order valence-corrected chi connectivity index (χ0v) is 15.8. The summed E-state index contributed by atoms with van der Waals surface area (Å²) >= 11 is 0. The normalized spacial score (nSPS) is 11.3. The third-order valence-electron chi connectivity index (χ3n) is 4.92. The number of unbranched alkanes of at least 4 members (excludes halogenated alkanes) is 2. The van der Waals surface area contributed by atoms with Crippen molar-refractivity contribution >= 4 is 11.9 Å². The molecule has 0 aliphatic rings. The number of hydrogen-bond acceptors (Lipinski definition) is 2. The van der Waals surface area contributed by atoms with Crippen LogP contribution < -0.4 is 0 Å². The molecule has 0 bridgehead atoms. The standard InChI is InChI=1S/C20H38O4/c1-3-5-9-17(10-6-4-2)15-16-18(11-7-13-19(21)22)12-8-14-20(23)24/h17-18H,3-16H2,1-2H3,(H,21,22)(H,23,24). The van der Waals surface area contributed by atoms with Crippen molar-refractivity contribution in [2.24, 2.45) is 11.8 Å². The van der Waals surface area contributed by atoms with Gasteiger partial charge in [0.1, 0.15) is 0 Å². The number of carboxylic acid groups (broad SMARTS) is 2. The molecule has 0 saturated heterocycles. The highest BCUT2D eigenvalue weighted by molar-refractivity contribution is 5.66. The Kier molecular flexibility index (Phi) is 14.8. The molecule has 142 valence electrons. The van der Waals surface area contributed by atoms with Crippen LogP contribution in [0.5, 0.6) is 0 Å². The Hall–Kier alpha value is -1.06. The Morgan fingerprint density at radius 2 is 0.958 bits per heavy atom. The van der Waals surface area contributed by atoms with E-state index in [4.69, 9.17) is 10.2 Å². The van der Waals surface area contributed by atoms with Crippen molar-refractivity contribution in [1.29, 1.82) is 0 Å². The number of aliphatic carboxylic acids is 2. The van der Waals surface area contributed by atoms with Gasteiger partial charge in [-0.1, -0.05) is 65.2 Å². The summed E-state index contributed by atoms with van der Waals surface area (Å²) in [6, 6.07) is 0. The van der Waals surface area contributed by atoms with Crippen LogP contribution in [0.4, 0.5) is 0 Å². The van der Waals surface area contributed by atoms with Gasteiger partial charge in [0.2, 0.25) is 0 Å². The largest absolute Gasteiger partial charge is 0.481 e. The van der Waals surface area contributed by atoms with Crippen LogP contribution >= 0.6 is 0 Å². The average molecular weight is 343 g/mol. The number of carboxylic acids is 2. The van der Waals surface area contributed by atoms with E-state index in [0.29, 0.717) is 18.8 Å². The quantitative estimate of drug-likeness (QED) is 0.345. The lowest BCUT2D eigenvalue weighted by atomic mass is 9.85. The predicted molar refractivity (Wildman–Crippen MR) is 98.2 cm³/mol. The minimum atomic E-state index is -0.733. The van der Waals surface area contributed by atoms with Gasteiger partial charge < -0.3 is 10.2 Å². The van der Waals surface area contributed by atoms with Crippen LogP contribution in [0.1, 0.15) is 104 Å². The van der Waals surface area contributed by atoms with Gasteiger partial charge >= 0.3 is 11.9 Å². The van der Waals surface area contributed by atoms with Gasteiger partial charge in [-0.15, -0.1) is 0 Å². The highest BCUT2D eigenvalue weighted by Gasteiger charge is 2.15. The highest BCUT2D eigenvalue weighted by Crippen LogP contribution is 2.28. The Labute approximate surface area is 148 Å². The molecule has 0 aromatic carbocycles. The maximum absolute atomic E-state index is 10.7. The molecule has 4 nitrogen and oxygen atoms in total. The first-order valence-corrected chi connectivity index (χ1v) is 9.93. The van der Waals surface area contributed by atoms with Crippen molar-refractivity contribution in [1.82, 2.24) is 0 Å². The fourth-order valence-electron chi connectivity index (χ4n) is 3.41. The molecule has 0 amide bonds. The summed E-state index contributed by atoms with van der Waals surface area (Å²) in [7, 11) is 0. The number of rotatable bonds is 17. The Balaban J connectivity index is 4.32. The van der Waals surface area contributed by atoms with Crippen LogP contribution in [-0.2, 0) is 9.59 Å². The molecule has 0 atom stereocenters. The van der Waals surface area contributed by atoms with E-state index in [0.717, 1.165) is 25.2 Å². The first-order chi connectivity index (χ1) is 11.5. The molecule has 2 N–H and O–H groups in total. The maximum Gasteiger partial charge on any atom is 0.303 e. The van der Waals surface area contributed by atoms with Gasteiger partial charge in [0, 0.05) is 12.8 Å². The van der Waals surface area contributed by atoms with E-state index in [1.165, 1.54) is 44.9 Å². The van der Waals surface area contributed by atoms with E-state index in [1.807, 2.05) is 0 Å². The van der Waals surface area contributed by atoms with Crippen molar-refractivity contribution in [2.45, 2.75) is 104 Å². The topological polar surface area (TPSA) is 74.6 Å². The van der Waals surface area contributed by atoms with E-state index >= 15 is 0 Å². The predicted octanol–water partition coefficient (Wildman–Crippen LogP) is 5.89. The van der Waals surface area contributed by atoms with E-state index in [2.05, 4.69) is 13.8 Å². The molecule has 0 heterocycles. The van der Waals surface area contributed by atoms with Crippen molar-refractivity contribution < 1.29 is 19.8 Å². The Morgan fingerprint density at radius 1 is 0.625 bits per heavy atom. The van der Waals surface area contributed by atoms with Gasteiger partial charge in [0.05, 0.1) is 0 Å². The average Bonchev–Trinajstić information content (AvgIpc) is 2.52. The van der Waals surface area contributed by atoms with Gasteiger partial charge in [-0.05, 0) is 37.5 Å². The lowest BCUT2D eigenvalue weighted by Crippen LogP contribution is -2.09. The molecule has 0 saturated carbocycles. The fraction of sp³-hybridized carbons (Fsp3) is 0.900. The first kappa shape index (κ1) is 22.9. The van der Waals surface area contributed by atoms with Gasteiger partial charge in [-0.3, -0.25) is 9.59 Å². The third kappa shape index (κ3) is 14.5. The van der Waals surface area contributed by atoms with E-state index < -0.39 is 11.9 Å². The molecule has 0 fully saturated rings. The third-order valence-corrected chi connectivity index (χ3v) is 4.92. The molecule has 0 unspecified atom stereocenters. The summed E-state index contributed by atoms with van der Waals surface area (Å²) in [6.07, 6.45) is 13.7. The molecule has 0 radical (unpaired) electrons. The molecule has 0 spiro atoms. The number of hydrogen-bond donors (Lipinski definition) is 2. The van der Waals surface area contributed by atoms with Crippen molar-refractivity contribution in [2.75, 3.05) is 0 Å². The fourth-order valence-corrected chi connectivity index (χ4v) is 3.41. The van der Waals surface area contributed by atoms with Crippen molar-refractivity contribution in [3.05, 3.63) is 0 Å². The lowest BCUT2D eigenvalue weighted by Gasteiger charge is -2.21. The van der Waals surface area contributed by atoms with Crippen molar-refractivity contribution in [3.8, 4) is 0 Å². The van der Waals surface area contributed by atoms with Crippen LogP contribution in [0.15, 0.2) is 0 Å². The van der Waals surface area contributed by atoms with Crippen LogP contribution in [0.2, 0.25) is 0 Å². The summed E-state index contributed by atoms with van der Waals surface area (Å²) in [4.78, 5) is 21.4. The second kappa shape index (κ2) is 15.5. The Bertz CT molecular complexity index is 300. The molecule has 0 aliphatic carbocycles. The molecule has 0 rings (SSSR count). The van der Waals surface area contributed by atoms with E-state index in [-0.39, 0.29) is 12.8 Å². The van der Waals surface area contributed by atoms with Crippen LogP contribution in [0.3, 0.4) is 0 Å². The second-order valence-electron chi connectivity index (χ2n) is 7.17. The minimum Gasteiger partial charge on any atom is -0.481 e. The summed E-state index contributed by atoms with van der Waals surface area (Å²) in [5.41, 5.74) is 0. The summed E-state index contributed by atoms with van der Waals surface area (Å²) in [6.45, 7) is 4.47. The summed E-state index contributed by atoms with van der Waals surface area (Å²) in [5.74, 6) is -0.202. The lowest BCUT2D eigenvalue weighted by molar-refractivity contribution is -0.138. The van der Waals surface area contributed by atoms with Crippen LogP contribution in [0, 0.1) is 11.8 Å². The molecule has 0 aromatic rings. The highest BCUT2D eigenvalue weighted by atomic mass is 16.4. The monoisotopic (exact) mass is 342 g/mol. The molecule has 24 heavy (non-hydrogen) atoms. The smallest absolute Gasteiger partial charge is 0.303 e. The second-order valence-corrected chi connectivity index (χ2v) is 7.17. The van der Waals surface area contributed by atoms with E-state index in [9.17, 15) is 9.59 Å². The molecule has 0 aromatic heterocycles. The van der Waals surface area contributed by atoms with Gasteiger partial charge in [0.15, 0.2) is 0 Å². The zero-order valence-electron chi connectivity index (χ0n) is 15.8. The molecule has 4 heteroatoms. The van der Waals surface area contributed by atoms with Crippen molar-refractivity contribution in [3.63, 3.8) is 0 Å². The summed E-state index contributed by atoms with van der Waals surface area (Å²) < 4.78 is 0. The SMILES string of the molecule is CCCCC(CCCC)CCC(CCCC(=O)O)CCCC(=O)O. The maximum atomic E-state index is 10.7. The molecular weight excluding hydrogens is 304 g/mol. The summed E-state index contributed by atoms with van der Waals surface area (Å²) in [5, 5.41) is 17.6. The van der Waals surface area contributed by atoms with Gasteiger partial charge in [0.25, 0.3) is 0 Å². The first-order valence-electron chi connectivity index (χ1n) is 9.93. The Morgan fingerprint density at radius 3 is 1.25 bits per heavy atom. The van der Waals surface area contributed by atoms with E-state index in [1.54, 1.807) is 0 Å².